The van der Waals surface area contributed by atoms with E-state index >= 15 is 0 Å². The van der Waals surface area contributed by atoms with Gasteiger partial charge in [0.1, 0.15) is 5.56 Å². The number of rotatable bonds is 9. The summed E-state index contributed by atoms with van der Waals surface area (Å²) >= 11 is 0. The zero-order valence-corrected chi connectivity index (χ0v) is 20.5. The fraction of sp³-hybridized carbons (Fsp3) is 0.500. The van der Waals surface area contributed by atoms with Crippen LogP contribution in [0.4, 0.5) is 24.7 Å². The number of anilines is 2. The van der Waals surface area contributed by atoms with E-state index in [4.69, 9.17) is 10.5 Å². The lowest BCUT2D eigenvalue weighted by molar-refractivity contribution is -0.0436. The number of benzene rings is 1. The second-order valence-corrected chi connectivity index (χ2v) is 10.5. The quantitative estimate of drug-likeness (QED) is 0.506. The summed E-state index contributed by atoms with van der Waals surface area (Å²) in [5, 5.41) is 17.0. The van der Waals surface area contributed by atoms with Crippen LogP contribution >= 0.6 is 0 Å². The van der Waals surface area contributed by atoms with Crippen molar-refractivity contribution in [3.8, 4) is 6.07 Å². The Hall–Kier alpha value is -3.15. The fourth-order valence-electron chi connectivity index (χ4n) is 4.23. The molecule has 0 radical (unpaired) electrons. The van der Waals surface area contributed by atoms with Gasteiger partial charge in [-0.3, -0.25) is 9.48 Å². The Morgan fingerprint density at radius 3 is 2.56 bits per heavy atom. The van der Waals surface area contributed by atoms with Crippen molar-refractivity contribution in [1.29, 1.82) is 5.26 Å². The van der Waals surface area contributed by atoms with Crippen LogP contribution in [0.1, 0.15) is 35.7 Å². The van der Waals surface area contributed by atoms with Crippen LogP contribution < -0.4 is 11.1 Å². The number of nitrogens with two attached hydrogens (primary N) is 1. The summed E-state index contributed by atoms with van der Waals surface area (Å²) in [5.74, 6) is -1.12. The molecule has 1 fully saturated rings. The summed E-state index contributed by atoms with van der Waals surface area (Å²) in [6.45, 7) is 1.31. The van der Waals surface area contributed by atoms with E-state index < -0.39 is 26.1 Å². The summed E-state index contributed by atoms with van der Waals surface area (Å²) in [7, 11) is -1.88. The number of methoxy groups -OCH3 is 1. The molecule has 3 unspecified atom stereocenters. The summed E-state index contributed by atoms with van der Waals surface area (Å²) in [6.07, 6.45) is 3.47. The lowest BCUT2D eigenvalue weighted by atomic mass is 9.82. The van der Waals surface area contributed by atoms with Gasteiger partial charge >= 0.3 is 5.51 Å². The van der Waals surface area contributed by atoms with Gasteiger partial charge in [-0.2, -0.15) is 23.5 Å². The van der Waals surface area contributed by atoms with Gasteiger partial charge in [-0.1, -0.05) is 0 Å². The molecule has 14 heteroatoms. The number of nitrogens with zero attached hydrogens (tertiary/aromatic N) is 4. The number of aromatic nitrogens is 2. The van der Waals surface area contributed by atoms with Crippen molar-refractivity contribution in [2.24, 2.45) is 11.7 Å². The molecule has 0 aliphatic heterocycles. The molecule has 2 aromatic rings. The number of nitrogens with one attached hydrogen (secondary N) is 1. The van der Waals surface area contributed by atoms with Crippen molar-refractivity contribution < 1.29 is 31.1 Å². The van der Waals surface area contributed by atoms with Gasteiger partial charge < -0.3 is 20.7 Å². The first kappa shape index (κ1) is 27.4. The zero-order chi connectivity index (χ0) is 26.7. The van der Waals surface area contributed by atoms with Crippen molar-refractivity contribution in [2.45, 2.75) is 41.7 Å². The van der Waals surface area contributed by atoms with Crippen LogP contribution in [0.2, 0.25) is 0 Å². The first-order valence-electron chi connectivity index (χ1n) is 11.0. The van der Waals surface area contributed by atoms with Crippen molar-refractivity contribution in [3.05, 3.63) is 36.0 Å². The van der Waals surface area contributed by atoms with Gasteiger partial charge in [-0.15, -0.1) is 0 Å². The smallest absolute Gasteiger partial charge is 0.383 e. The monoisotopic (exact) mass is 528 g/mol. The van der Waals surface area contributed by atoms with Crippen molar-refractivity contribution in [1.82, 2.24) is 14.7 Å². The minimum absolute atomic E-state index is 0.0259. The average Bonchev–Trinajstić information content (AvgIpc) is 3.25. The molecule has 1 heterocycles. The Labute approximate surface area is 206 Å². The number of sulfone groups is 1. The number of halogens is 3. The standard InChI is InChI=1S/C22H27F3N6O4S/c1-30(9-10-35-2)16-5-8-19(14(11-16)12-26)31-13-18(20(27)32)21(29-31)28-15-3-6-17(7-4-15)36(33,34)22(23,24)25/h3-4,6-7,13-14,16,19H,5,8-11H2,1-2H3,(H2,27,32)(H,28,29). The number of carbonyl (C=O) groups excluding carboxylic acids is 1. The third-order valence-corrected chi connectivity index (χ3v) is 7.79. The molecule has 0 spiro atoms. The maximum absolute atomic E-state index is 12.8. The Morgan fingerprint density at radius 1 is 1.33 bits per heavy atom. The van der Waals surface area contributed by atoms with Gasteiger partial charge in [0.25, 0.3) is 15.7 Å². The van der Waals surface area contributed by atoms with E-state index in [-0.39, 0.29) is 35.1 Å². The molecule has 1 aromatic carbocycles. The number of carbonyl (C=O) groups is 1. The molecule has 1 aliphatic carbocycles. The van der Waals surface area contributed by atoms with Gasteiger partial charge in [0.15, 0.2) is 5.82 Å². The highest BCUT2D eigenvalue weighted by molar-refractivity contribution is 7.92. The number of hydrogen-bond acceptors (Lipinski definition) is 8. The van der Waals surface area contributed by atoms with Crippen LogP contribution in [0.15, 0.2) is 35.4 Å². The molecule has 196 valence electrons. The maximum Gasteiger partial charge on any atom is 0.501 e. The molecule has 36 heavy (non-hydrogen) atoms. The van der Waals surface area contributed by atoms with Crippen LogP contribution in [0.5, 0.6) is 0 Å². The first-order valence-corrected chi connectivity index (χ1v) is 12.5. The average molecular weight is 529 g/mol. The van der Waals surface area contributed by atoms with E-state index in [1.54, 1.807) is 7.11 Å². The van der Waals surface area contributed by atoms with Gasteiger partial charge in [0.05, 0.1) is 29.5 Å². The normalized spacial score (nSPS) is 20.8. The van der Waals surface area contributed by atoms with E-state index in [1.807, 2.05) is 7.05 Å². The van der Waals surface area contributed by atoms with Crippen LogP contribution in [0.25, 0.3) is 0 Å². The van der Waals surface area contributed by atoms with Gasteiger partial charge in [-0.25, -0.2) is 8.42 Å². The largest absolute Gasteiger partial charge is 0.501 e. The predicted molar refractivity (Wildman–Crippen MR) is 124 cm³/mol. The molecular formula is C22H27F3N6O4S. The number of amides is 1. The van der Waals surface area contributed by atoms with Gasteiger partial charge in [0, 0.05) is 31.6 Å². The van der Waals surface area contributed by atoms with E-state index in [2.05, 4.69) is 21.4 Å². The molecule has 3 N–H and O–H groups in total. The minimum Gasteiger partial charge on any atom is -0.383 e. The Bertz CT molecular complexity index is 1220. The van der Waals surface area contributed by atoms with E-state index in [0.717, 1.165) is 37.2 Å². The molecule has 1 aliphatic rings. The Morgan fingerprint density at radius 2 is 2.00 bits per heavy atom. The molecule has 0 saturated heterocycles. The zero-order valence-electron chi connectivity index (χ0n) is 19.7. The molecular weight excluding hydrogens is 501 g/mol. The number of hydrogen-bond donors (Lipinski definition) is 2. The maximum atomic E-state index is 12.8. The number of nitriles is 1. The Balaban J connectivity index is 1.81. The second kappa shape index (κ2) is 10.9. The number of ether oxygens (including phenoxy) is 1. The summed E-state index contributed by atoms with van der Waals surface area (Å²) in [6, 6.07) is 6.07. The minimum atomic E-state index is -5.49. The van der Waals surface area contributed by atoms with Crippen molar-refractivity contribution >= 4 is 27.2 Å². The predicted octanol–water partition coefficient (Wildman–Crippen LogP) is 2.83. The summed E-state index contributed by atoms with van der Waals surface area (Å²) in [5.41, 5.74) is 0.298. The lowest BCUT2D eigenvalue weighted by Gasteiger charge is -2.37. The van der Waals surface area contributed by atoms with Gasteiger partial charge in [-0.05, 0) is 50.6 Å². The molecule has 1 amide bonds. The molecule has 1 saturated carbocycles. The van der Waals surface area contributed by atoms with Crippen LogP contribution in [0, 0.1) is 17.2 Å². The molecule has 3 rings (SSSR count). The molecule has 1 aromatic heterocycles. The van der Waals surface area contributed by atoms with E-state index in [1.165, 1.54) is 10.9 Å². The SMILES string of the molecule is COCCN(C)C1CCC(n2cc(C(N)=O)c(Nc3ccc(S(=O)(=O)C(F)(F)F)cc3)n2)C(C#N)C1. The highest BCUT2D eigenvalue weighted by Gasteiger charge is 2.46. The Kier molecular flexibility index (Phi) is 8.27. The third kappa shape index (κ3) is 5.80. The highest BCUT2D eigenvalue weighted by Crippen LogP contribution is 2.37. The number of alkyl halides is 3. The number of likely N-dealkylation sites (N-methyl/N-ethyl adjacent to an activating group) is 1. The lowest BCUT2D eigenvalue weighted by Crippen LogP contribution is -2.40. The van der Waals surface area contributed by atoms with Crippen LogP contribution in [-0.2, 0) is 14.6 Å². The van der Waals surface area contributed by atoms with Gasteiger partial charge in [0.2, 0.25) is 0 Å². The van der Waals surface area contributed by atoms with Crippen LogP contribution in [-0.4, -0.2) is 67.9 Å². The van der Waals surface area contributed by atoms with Crippen LogP contribution in [0.3, 0.4) is 0 Å². The van der Waals surface area contributed by atoms with Crippen molar-refractivity contribution in [3.63, 3.8) is 0 Å². The fourth-order valence-corrected chi connectivity index (χ4v) is 4.99. The topological polar surface area (TPSA) is 143 Å². The number of primary amides is 1. The first-order chi connectivity index (χ1) is 16.9. The highest BCUT2D eigenvalue weighted by atomic mass is 32.2. The third-order valence-electron chi connectivity index (χ3n) is 6.29. The van der Waals surface area contributed by atoms with Crippen molar-refractivity contribution in [2.75, 3.05) is 32.6 Å². The summed E-state index contributed by atoms with van der Waals surface area (Å²) in [4.78, 5) is 13.3. The van der Waals surface area contributed by atoms with E-state index in [0.29, 0.717) is 19.4 Å². The molecule has 0 bridgehead atoms. The summed E-state index contributed by atoms with van der Waals surface area (Å²) < 4.78 is 68.1. The second-order valence-electron chi connectivity index (χ2n) is 8.58. The van der Waals surface area contributed by atoms with E-state index in [9.17, 15) is 31.6 Å². The molecule has 10 nitrogen and oxygen atoms in total. The molecule has 3 atom stereocenters.